The second-order valence-corrected chi connectivity index (χ2v) is 6.35. The van der Waals surface area contributed by atoms with Gasteiger partial charge in [-0.2, -0.15) is 0 Å². The maximum absolute atomic E-state index is 12.6. The summed E-state index contributed by atoms with van der Waals surface area (Å²) in [5.41, 5.74) is 0.294. The molecule has 1 saturated heterocycles. The van der Waals surface area contributed by atoms with Gasteiger partial charge in [0.15, 0.2) is 11.5 Å². The van der Waals surface area contributed by atoms with Gasteiger partial charge in [-0.1, -0.05) is 26.7 Å². The number of rotatable bonds is 10. The molecule has 1 aromatic rings. The fourth-order valence-corrected chi connectivity index (χ4v) is 2.54. The van der Waals surface area contributed by atoms with Crippen LogP contribution in [0.25, 0.3) is 0 Å². The lowest BCUT2D eigenvalue weighted by Gasteiger charge is -2.37. The van der Waals surface area contributed by atoms with Crippen LogP contribution in [0.4, 0.5) is 0 Å². The van der Waals surface area contributed by atoms with Crippen LogP contribution in [0.15, 0.2) is 12.3 Å². The third-order valence-corrected chi connectivity index (χ3v) is 4.26. The summed E-state index contributed by atoms with van der Waals surface area (Å²) in [5, 5.41) is 0. The topological polar surface area (TPSA) is 78.0 Å². The van der Waals surface area contributed by atoms with Crippen molar-refractivity contribution in [3.05, 3.63) is 18.0 Å². The molecular formula is C19H28N2O5. The van der Waals surface area contributed by atoms with E-state index in [0.29, 0.717) is 43.5 Å². The average Bonchev–Trinajstić information content (AvgIpc) is 2.61. The molecule has 1 aliphatic heterocycles. The fourth-order valence-electron chi connectivity index (χ4n) is 2.54. The van der Waals surface area contributed by atoms with Crippen LogP contribution in [0.5, 0.6) is 11.5 Å². The molecule has 1 amide bonds. The summed E-state index contributed by atoms with van der Waals surface area (Å²) in [5.74, 6) is 0.344. The summed E-state index contributed by atoms with van der Waals surface area (Å²) in [7, 11) is 1.35. The number of ether oxygens (including phenoxy) is 3. The van der Waals surface area contributed by atoms with Gasteiger partial charge in [0.25, 0.3) is 5.91 Å². The minimum Gasteiger partial charge on any atom is -0.490 e. The van der Waals surface area contributed by atoms with Crippen LogP contribution in [0.1, 0.15) is 50.0 Å². The van der Waals surface area contributed by atoms with E-state index in [0.717, 1.165) is 25.7 Å². The standard InChI is InChI=1S/C19H28N2O5/c1-4-6-8-25-16-10-15(20-11-17(16)26-9-7-5-2)18(22)21-12-14(13-21)19(23)24-3/h10-11,14H,4-9,12-13H2,1-3H3. The number of likely N-dealkylation sites (tertiary alicyclic amines) is 1. The monoisotopic (exact) mass is 364 g/mol. The Labute approximate surface area is 154 Å². The molecule has 0 N–H and O–H groups in total. The molecule has 0 saturated carbocycles. The average molecular weight is 364 g/mol. The van der Waals surface area contributed by atoms with Crippen molar-refractivity contribution in [1.29, 1.82) is 0 Å². The highest BCUT2D eigenvalue weighted by molar-refractivity contribution is 5.94. The maximum atomic E-state index is 12.6. The van der Waals surface area contributed by atoms with E-state index < -0.39 is 0 Å². The van der Waals surface area contributed by atoms with Crippen LogP contribution in [-0.4, -0.2) is 55.2 Å². The maximum Gasteiger partial charge on any atom is 0.312 e. The van der Waals surface area contributed by atoms with Crippen molar-refractivity contribution in [3.63, 3.8) is 0 Å². The van der Waals surface area contributed by atoms with E-state index in [9.17, 15) is 9.59 Å². The van der Waals surface area contributed by atoms with Crippen LogP contribution in [0, 0.1) is 5.92 Å². The van der Waals surface area contributed by atoms with Gasteiger partial charge in [-0.15, -0.1) is 0 Å². The van der Waals surface area contributed by atoms with Gasteiger partial charge in [0.2, 0.25) is 0 Å². The third-order valence-electron chi connectivity index (χ3n) is 4.26. The van der Waals surface area contributed by atoms with Crippen LogP contribution in [-0.2, 0) is 9.53 Å². The van der Waals surface area contributed by atoms with Crippen molar-refractivity contribution in [3.8, 4) is 11.5 Å². The lowest BCUT2D eigenvalue weighted by molar-refractivity contribution is -0.149. The first-order chi connectivity index (χ1) is 12.6. The summed E-state index contributed by atoms with van der Waals surface area (Å²) in [6, 6.07) is 1.63. The highest BCUT2D eigenvalue weighted by atomic mass is 16.5. The molecule has 1 aromatic heterocycles. The first kappa shape index (κ1) is 20.0. The van der Waals surface area contributed by atoms with E-state index >= 15 is 0 Å². The Kier molecular flexibility index (Phi) is 7.69. The Morgan fingerprint density at radius 1 is 1.12 bits per heavy atom. The minimum atomic E-state index is -0.287. The van der Waals surface area contributed by atoms with Crippen LogP contribution in [0.2, 0.25) is 0 Å². The van der Waals surface area contributed by atoms with E-state index in [-0.39, 0.29) is 17.8 Å². The molecule has 2 rings (SSSR count). The van der Waals surface area contributed by atoms with E-state index in [1.165, 1.54) is 7.11 Å². The molecule has 144 valence electrons. The number of hydrogen-bond donors (Lipinski definition) is 0. The molecular weight excluding hydrogens is 336 g/mol. The van der Waals surface area contributed by atoms with Gasteiger partial charge >= 0.3 is 5.97 Å². The SMILES string of the molecule is CCCCOc1cnc(C(=O)N2CC(C(=O)OC)C2)cc1OCCCC. The fraction of sp³-hybridized carbons (Fsp3) is 0.632. The quantitative estimate of drug-likeness (QED) is 0.469. The number of pyridine rings is 1. The number of hydrogen-bond acceptors (Lipinski definition) is 6. The van der Waals surface area contributed by atoms with Crippen molar-refractivity contribution < 1.29 is 23.8 Å². The lowest BCUT2D eigenvalue weighted by atomic mass is 10.00. The number of methoxy groups -OCH3 is 1. The van der Waals surface area contributed by atoms with Gasteiger partial charge in [-0.3, -0.25) is 9.59 Å². The molecule has 1 fully saturated rings. The summed E-state index contributed by atoms with van der Waals surface area (Å²) in [4.78, 5) is 29.8. The van der Waals surface area contributed by atoms with Crippen molar-refractivity contribution >= 4 is 11.9 Å². The predicted octanol–water partition coefficient (Wildman–Crippen LogP) is 2.68. The number of aromatic nitrogens is 1. The Hall–Kier alpha value is -2.31. The Morgan fingerprint density at radius 3 is 2.31 bits per heavy atom. The van der Waals surface area contributed by atoms with E-state index in [2.05, 4.69) is 18.8 Å². The molecule has 0 atom stereocenters. The smallest absolute Gasteiger partial charge is 0.312 e. The zero-order valence-corrected chi connectivity index (χ0v) is 15.8. The summed E-state index contributed by atoms with van der Waals surface area (Å²) < 4.78 is 16.2. The number of nitrogens with zero attached hydrogens (tertiary/aromatic N) is 2. The van der Waals surface area contributed by atoms with Gasteiger partial charge < -0.3 is 19.1 Å². The molecule has 7 heteroatoms. The molecule has 0 bridgehead atoms. The number of carbonyl (C=O) groups is 2. The molecule has 7 nitrogen and oxygen atoms in total. The Bertz CT molecular complexity index is 614. The second-order valence-electron chi connectivity index (χ2n) is 6.35. The lowest BCUT2D eigenvalue weighted by Crippen LogP contribution is -2.53. The van der Waals surface area contributed by atoms with Crippen LogP contribution in [0.3, 0.4) is 0 Å². The van der Waals surface area contributed by atoms with Gasteiger partial charge in [-0.25, -0.2) is 4.98 Å². The third kappa shape index (κ3) is 5.09. The predicted molar refractivity (Wildman–Crippen MR) is 96.5 cm³/mol. The molecule has 0 radical (unpaired) electrons. The van der Waals surface area contributed by atoms with Crippen molar-refractivity contribution in [2.75, 3.05) is 33.4 Å². The summed E-state index contributed by atoms with van der Waals surface area (Å²) >= 11 is 0. The molecule has 0 spiro atoms. The molecule has 26 heavy (non-hydrogen) atoms. The molecule has 0 unspecified atom stereocenters. The second kappa shape index (κ2) is 9.99. The Balaban J connectivity index is 2.04. The van der Waals surface area contributed by atoms with Crippen molar-refractivity contribution in [1.82, 2.24) is 9.88 Å². The zero-order valence-electron chi connectivity index (χ0n) is 15.8. The summed E-state index contributed by atoms with van der Waals surface area (Å²) in [6.07, 6.45) is 5.46. The largest absolute Gasteiger partial charge is 0.490 e. The summed E-state index contributed by atoms with van der Waals surface area (Å²) in [6.45, 7) is 6.04. The molecule has 0 aromatic carbocycles. The minimum absolute atomic E-state index is 0.217. The van der Waals surface area contributed by atoms with Crippen LogP contribution < -0.4 is 9.47 Å². The van der Waals surface area contributed by atoms with E-state index in [1.807, 2.05) is 0 Å². The normalized spacial score (nSPS) is 13.9. The zero-order chi connectivity index (χ0) is 18.9. The number of amides is 1. The van der Waals surface area contributed by atoms with Crippen molar-refractivity contribution in [2.24, 2.45) is 5.92 Å². The first-order valence-electron chi connectivity index (χ1n) is 9.23. The van der Waals surface area contributed by atoms with E-state index in [1.54, 1.807) is 17.2 Å². The first-order valence-corrected chi connectivity index (χ1v) is 9.23. The highest BCUT2D eigenvalue weighted by Crippen LogP contribution is 2.29. The number of esters is 1. The molecule has 1 aliphatic rings. The highest BCUT2D eigenvalue weighted by Gasteiger charge is 2.37. The van der Waals surface area contributed by atoms with Crippen molar-refractivity contribution in [2.45, 2.75) is 39.5 Å². The number of carbonyl (C=O) groups excluding carboxylic acids is 2. The molecule has 0 aliphatic carbocycles. The van der Waals surface area contributed by atoms with Gasteiger partial charge in [0, 0.05) is 19.2 Å². The van der Waals surface area contributed by atoms with Gasteiger partial charge in [0.1, 0.15) is 5.69 Å². The Morgan fingerprint density at radius 2 is 1.73 bits per heavy atom. The van der Waals surface area contributed by atoms with Crippen LogP contribution >= 0.6 is 0 Å². The number of unbranched alkanes of at least 4 members (excludes halogenated alkanes) is 2. The van der Waals surface area contributed by atoms with Gasteiger partial charge in [0.05, 0.1) is 32.4 Å². The van der Waals surface area contributed by atoms with Gasteiger partial charge in [-0.05, 0) is 12.8 Å². The molecule has 2 heterocycles. The van der Waals surface area contributed by atoms with E-state index in [4.69, 9.17) is 14.2 Å².